The number of likely N-dealkylation sites (tertiary alicyclic amines) is 1. The fraction of sp³-hybridized carbons (Fsp3) is 0.500. The van der Waals surface area contributed by atoms with Crippen LogP contribution >= 0.6 is 11.6 Å². The Morgan fingerprint density at radius 1 is 1.14 bits per heavy atom. The van der Waals surface area contributed by atoms with Crippen LogP contribution in [0.3, 0.4) is 0 Å². The molecule has 5 nitrogen and oxygen atoms in total. The quantitative estimate of drug-likeness (QED) is 0.917. The summed E-state index contributed by atoms with van der Waals surface area (Å²) in [5.74, 6) is 0.942. The van der Waals surface area contributed by atoms with Crippen LogP contribution in [0.15, 0.2) is 24.4 Å². The molecule has 1 aromatic heterocycles. The van der Waals surface area contributed by atoms with E-state index in [0.717, 1.165) is 55.9 Å². The van der Waals surface area contributed by atoms with Gasteiger partial charge in [0.15, 0.2) is 0 Å². The number of rotatable bonds is 2. The number of hydrogen-bond acceptors (Lipinski definition) is 5. The second-order valence-corrected chi connectivity index (χ2v) is 6.62. The number of hydrogen-bond donors (Lipinski definition) is 1. The van der Waals surface area contributed by atoms with Gasteiger partial charge in [0.1, 0.15) is 5.82 Å². The first-order chi connectivity index (χ1) is 10.7. The third-order valence-corrected chi connectivity index (χ3v) is 4.92. The zero-order valence-corrected chi connectivity index (χ0v) is 13.1. The van der Waals surface area contributed by atoms with Crippen molar-refractivity contribution in [2.75, 3.05) is 31.1 Å². The monoisotopic (exact) mass is 318 g/mol. The highest BCUT2D eigenvalue weighted by molar-refractivity contribution is 6.31. The summed E-state index contributed by atoms with van der Waals surface area (Å²) >= 11 is 5.98. The molecular weight excluding hydrogens is 300 g/mol. The van der Waals surface area contributed by atoms with E-state index in [9.17, 15) is 5.11 Å². The topological polar surface area (TPSA) is 52.5 Å². The van der Waals surface area contributed by atoms with Crippen LogP contribution in [0.1, 0.15) is 12.8 Å². The number of fused-ring (bicyclic) bond motifs is 1. The average Bonchev–Trinajstić information content (AvgIpc) is 2.52. The summed E-state index contributed by atoms with van der Waals surface area (Å²) < 4.78 is 0. The molecule has 0 unspecified atom stereocenters. The minimum atomic E-state index is -0.115. The van der Waals surface area contributed by atoms with Gasteiger partial charge in [0.2, 0.25) is 0 Å². The van der Waals surface area contributed by atoms with Crippen LogP contribution < -0.4 is 4.90 Å². The normalized spacial score (nSPS) is 21.3. The van der Waals surface area contributed by atoms with Crippen molar-refractivity contribution >= 4 is 28.5 Å². The lowest BCUT2D eigenvalue weighted by Gasteiger charge is -2.45. The highest BCUT2D eigenvalue weighted by atomic mass is 35.5. The maximum atomic E-state index is 9.42. The minimum Gasteiger partial charge on any atom is -0.390 e. The molecule has 4 rings (SSSR count). The van der Waals surface area contributed by atoms with E-state index in [1.54, 1.807) is 0 Å². The first-order valence-corrected chi connectivity index (χ1v) is 8.16. The van der Waals surface area contributed by atoms with Crippen molar-refractivity contribution < 1.29 is 5.11 Å². The van der Waals surface area contributed by atoms with Gasteiger partial charge in [-0.2, -0.15) is 0 Å². The van der Waals surface area contributed by atoms with Gasteiger partial charge in [-0.15, -0.1) is 0 Å². The van der Waals surface area contributed by atoms with Crippen molar-refractivity contribution in [3.63, 3.8) is 0 Å². The number of anilines is 1. The van der Waals surface area contributed by atoms with Crippen LogP contribution in [-0.4, -0.2) is 58.3 Å². The number of β-amino-alcohol motifs (C(OH)–C–C–N with tert-alkyl or cyclic N) is 1. The van der Waals surface area contributed by atoms with Gasteiger partial charge in [-0.1, -0.05) is 11.6 Å². The summed E-state index contributed by atoms with van der Waals surface area (Å²) in [4.78, 5) is 13.9. The van der Waals surface area contributed by atoms with Gasteiger partial charge in [0, 0.05) is 37.2 Å². The van der Waals surface area contributed by atoms with Gasteiger partial charge in [0.25, 0.3) is 0 Å². The van der Waals surface area contributed by atoms with E-state index < -0.39 is 0 Å². The summed E-state index contributed by atoms with van der Waals surface area (Å²) in [6.07, 6.45) is 3.96. The number of aliphatic hydroxyl groups is 1. The van der Waals surface area contributed by atoms with E-state index in [2.05, 4.69) is 14.8 Å². The molecule has 0 spiro atoms. The van der Waals surface area contributed by atoms with E-state index in [0.29, 0.717) is 11.1 Å². The molecule has 22 heavy (non-hydrogen) atoms. The molecule has 1 N–H and O–H groups in total. The van der Waals surface area contributed by atoms with Crippen molar-refractivity contribution in [2.24, 2.45) is 0 Å². The van der Waals surface area contributed by atoms with Crippen LogP contribution in [0, 0.1) is 0 Å². The molecule has 2 aliphatic heterocycles. The molecule has 0 aliphatic carbocycles. The number of benzene rings is 1. The Hall–Kier alpha value is -1.43. The van der Waals surface area contributed by atoms with Crippen molar-refractivity contribution in [1.82, 2.24) is 14.9 Å². The SMILES string of the molecule is OC1CN(C2CCN(c3cnc4cc(Cl)ccc4n3)CC2)C1. The summed E-state index contributed by atoms with van der Waals surface area (Å²) in [5, 5.41) is 10.1. The maximum absolute atomic E-state index is 9.42. The molecule has 0 atom stereocenters. The van der Waals surface area contributed by atoms with Gasteiger partial charge >= 0.3 is 0 Å². The first-order valence-electron chi connectivity index (χ1n) is 7.78. The molecule has 0 amide bonds. The van der Waals surface area contributed by atoms with Crippen LogP contribution in [-0.2, 0) is 0 Å². The Kier molecular flexibility index (Phi) is 3.64. The summed E-state index contributed by atoms with van der Waals surface area (Å²) in [5.41, 5.74) is 1.72. The average molecular weight is 319 g/mol. The lowest BCUT2D eigenvalue weighted by molar-refractivity contribution is -0.0301. The predicted octanol–water partition coefficient (Wildman–Crippen LogP) is 1.93. The summed E-state index contributed by atoms with van der Waals surface area (Å²) in [6.45, 7) is 3.65. The van der Waals surface area contributed by atoms with Gasteiger partial charge in [-0.25, -0.2) is 4.98 Å². The van der Waals surface area contributed by atoms with Crippen LogP contribution in [0.25, 0.3) is 11.0 Å². The van der Waals surface area contributed by atoms with Crippen molar-refractivity contribution in [1.29, 1.82) is 0 Å². The molecule has 0 saturated carbocycles. The Balaban J connectivity index is 1.45. The molecule has 3 heterocycles. The van der Waals surface area contributed by atoms with E-state index in [4.69, 9.17) is 16.6 Å². The third kappa shape index (κ3) is 2.64. The van der Waals surface area contributed by atoms with Crippen LogP contribution in [0.5, 0.6) is 0 Å². The lowest BCUT2D eigenvalue weighted by Crippen LogP contribution is -2.57. The number of aliphatic hydroxyl groups excluding tert-OH is 1. The Labute approximate surface area is 134 Å². The number of aromatic nitrogens is 2. The van der Waals surface area contributed by atoms with Crippen molar-refractivity contribution in [3.05, 3.63) is 29.4 Å². The fourth-order valence-corrected chi connectivity index (χ4v) is 3.54. The maximum Gasteiger partial charge on any atom is 0.147 e. The molecule has 1 aromatic carbocycles. The molecule has 0 bridgehead atoms. The lowest BCUT2D eigenvalue weighted by atomic mass is 9.99. The number of piperidine rings is 1. The van der Waals surface area contributed by atoms with E-state index in [1.165, 1.54) is 0 Å². The minimum absolute atomic E-state index is 0.115. The van der Waals surface area contributed by atoms with Crippen LogP contribution in [0.4, 0.5) is 5.82 Å². The summed E-state index contributed by atoms with van der Waals surface area (Å²) in [7, 11) is 0. The van der Waals surface area contributed by atoms with Crippen molar-refractivity contribution in [2.45, 2.75) is 25.0 Å². The zero-order valence-electron chi connectivity index (χ0n) is 12.3. The standard InChI is InChI=1S/C16H19ClN4O/c17-11-1-2-14-15(7-11)18-8-16(19-14)20-5-3-12(4-6-20)21-9-13(22)10-21/h1-2,7-8,12-13,22H,3-6,9-10H2. The molecule has 116 valence electrons. The smallest absolute Gasteiger partial charge is 0.147 e. The highest BCUT2D eigenvalue weighted by Gasteiger charge is 2.33. The van der Waals surface area contributed by atoms with Gasteiger partial charge < -0.3 is 10.0 Å². The zero-order chi connectivity index (χ0) is 15.1. The first kappa shape index (κ1) is 14.2. The van der Waals surface area contributed by atoms with Gasteiger partial charge in [-0.3, -0.25) is 9.88 Å². The van der Waals surface area contributed by atoms with Gasteiger partial charge in [0.05, 0.1) is 23.3 Å². The Morgan fingerprint density at radius 3 is 2.64 bits per heavy atom. The Morgan fingerprint density at radius 2 is 1.91 bits per heavy atom. The second kappa shape index (κ2) is 5.65. The van der Waals surface area contributed by atoms with Gasteiger partial charge in [-0.05, 0) is 31.0 Å². The molecule has 6 heteroatoms. The Bertz CT molecular complexity index is 681. The number of nitrogens with zero attached hydrogens (tertiary/aromatic N) is 4. The predicted molar refractivity (Wildman–Crippen MR) is 87.4 cm³/mol. The highest BCUT2D eigenvalue weighted by Crippen LogP contribution is 2.25. The van der Waals surface area contributed by atoms with E-state index >= 15 is 0 Å². The van der Waals surface area contributed by atoms with E-state index in [-0.39, 0.29) is 6.10 Å². The second-order valence-electron chi connectivity index (χ2n) is 6.19. The molecule has 2 saturated heterocycles. The molecule has 0 radical (unpaired) electrons. The number of halogens is 1. The largest absolute Gasteiger partial charge is 0.390 e. The molecule has 2 aliphatic rings. The molecular formula is C16H19ClN4O. The van der Waals surface area contributed by atoms with Crippen molar-refractivity contribution in [3.8, 4) is 0 Å². The van der Waals surface area contributed by atoms with Crippen LogP contribution in [0.2, 0.25) is 5.02 Å². The summed E-state index contributed by atoms with van der Waals surface area (Å²) in [6, 6.07) is 6.22. The third-order valence-electron chi connectivity index (χ3n) is 4.69. The fourth-order valence-electron chi connectivity index (χ4n) is 3.37. The van der Waals surface area contributed by atoms with E-state index in [1.807, 2.05) is 24.4 Å². The molecule has 2 fully saturated rings. The molecule has 2 aromatic rings.